The number of aromatic nitrogens is 2. The van der Waals surface area contributed by atoms with Gasteiger partial charge in [0, 0.05) is 23.5 Å². The largest absolute Gasteiger partial charge is 0.317 e. The molecule has 2 aromatic heterocycles. The zero-order valence-electron chi connectivity index (χ0n) is 12.3. The molecule has 1 aliphatic rings. The third kappa shape index (κ3) is 3.51. The van der Waals surface area contributed by atoms with E-state index in [2.05, 4.69) is 20.6 Å². The highest BCUT2D eigenvalue weighted by Crippen LogP contribution is 2.23. The molecule has 0 aromatic carbocycles. The van der Waals surface area contributed by atoms with Crippen LogP contribution in [0.4, 0.5) is 0 Å². The Morgan fingerprint density at radius 3 is 2.95 bits per heavy atom. The molecule has 21 heavy (non-hydrogen) atoms. The van der Waals surface area contributed by atoms with Crippen LogP contribution in [0.25, 0.3) is 11.0 Å². The van der Waals surface area contributed by atoms with Gasteiger partial charge >= 0.3 is 0 Å². The van der Waals surface area contributed by atoms with Crippen LogP contribution < -0.4 is 10.6 Å². The van der Waals surface area contributed by atoms with Gasteiger partial charge in [0.25, 0.3) is 0 Å². The van der Waals surface area contributed by atoms with E-state index in [1.807, 2.05) is 19.1 Å². The summed E-state index contributed by atoms with van der Waals surface area (Å²) in [6.45, 7) is 5.14. The molecule has 2 aromatic rings. The minimum atomic E-state index is 0.618. The van der Waals surface area contributed by atoms with Gasteiger partial charge in [-0.25, -0.2) is 0 Å². The van der Waals surface area contributed by atoms with Gasteiger partial charge in [0.2, 0.25) is 0 Å². The van der Waals surface area contributed by atoms with Crippen LogP contribution in [0.2, 0.25) is 5.02 Å². The van der Waals surface area contributed by atoms with E-state index in [1.165, 1.54) is 12.8 Å². The number of hydrogen-bond donors (Lipinski definition) is 2. The van der Waals surface area contributed by atoms with Crippen molar-refractivity contribution in [1.82, 2.24) is 20.6 Å². The topological polar surface area (TPSA) is 49.8 Å². The molecule has 0 spiro atoms. The number of pyridine rings is 2. The standard InChI is InChI=1S/C16H21ClN4/c1-11-2-3-15-16(21-11)13(14(17)10-20-15)6-9-19-12-4-7-18-8-5-12/h2-3,10,12,18-19H,4-9H2,1H3. The van der Waals surface area contributed by atoms with Gasteiger partial charge in [0.1, 0.15) is 0 Å². The lowest BCUT2D eigenvalue weighted by atomic mass is 10.1. The summed E-state index contributed by atoms with van der Waals surface area (Å²) in [5, 5.41) is 7.73. The van der Waals surface area contributed by atoms with Gasteiger partial charge in [-0.15, -0.1) is 0 Å². The fourth-order valence-corrected chi connectivity index (χ4v) is 3.09. The molecule has 1 saturated heterocycles. The maximum absolute atomic E-state index is 6.34. The SMILES string of the molecule is Cc1ccc2ncc(Cl)c(CCNC3CCNCC3)c2n1. The van der Waals surface area contributed by atoms with Crippen molar-refractivity contribution >= 4 is 22.6 Å². The van der Waals surface area contributed by atoms with Crippen molar-refractivity contribution in [2.24, 2.45) is 0 Å². The second-order valence-electron chi connectivity index (χ2n) is 5.63. The molecule has 3 rings (SSSR count). The Kier molecular flexibility index (Phi) is 4.68. The number of fused-ring (bicyclic) bond motifs is 1. The molecule has 0 unspecified atom stereocenters. The molecule has 1 aliphatic heterocycles. The number of hydrogen-bond acceptors (Lipinski definition) is 4. The van der Waals surface area contributed by atoms with Crippen molar-refractivity contribution in [3.8, 4) is 0 Å². The highest BCUT2D eigenvalue weighted by Gasteiger charge is 2.13. The number of rotatable bonds is 4. The molecule has 1 fully saturated rings. The number of nitrogens with zero attached hydrogens (tertiary/aromatic N) is 2. The van der Waals surface area contributed by atoms with Gasteiger partial charge in [-0.05, 0) is 58.0 Å². The lowest BCUT2D eigenvalue weighted by Crippen LogP contribution is -2.40. The maximum Gasteiger partial charge on any atom is 0.0937 e. The summed E-state index contributed by atoms with van der Waals surface area (Å²) in [6, 6.07) is 4.62. The molecular weight excluding hydrogens is 284 g/mol. The second-order valence-corrected chi connectivity index (χ2v) is 6.04. The Hall–Kier alpha value is -1.23. The van der Waals surface area contributed by atoms with E-state index in [9.17, 15) is 0 Å². The minimum Gasteiger partial charge on any atom is -0.317 e. The third-order valence-corrected chi connectivity index (χ3v) is 4.38. The Morgan fingerprint density at radius 2 is 2.14 bits per heavy atom. The predicted molar refractivity (Wildman–Crippen MR) is 86.9 cm³/mol. The zero-order chi connectivity index (χ0) is 14.7. The quantitative estimate of drug-likeness (QED) is 0.911. The first-order valence-electron chi connectivity index (χ1n) is 7.59. The highest BCUT2D eigenvalue weighted by atomic mass is 35.5. The Labute approximate surface area is 130 Å². The van der Waals surface area contributed by atoms with E-state index in [0.717, 1.165) is 48.3 Å². The fraction of sp³-hybridized carbons (Fsp3) is 0.500. The summed E-state index contributed by atoms with van der Waals surface area (Å²) in [5.41, 5.74) is 3.96. The first-order chi connectivity index (χ1) is 10.2. The number of piperidine rings is 1. The van der Waals surface area contributed by atoms with E-state index in [0.29, 0.717) is 11.1 Å². The minimum absolute atomic E-state index is 0.618. The Balaban J connectivity index is 1.73. The molecule has 0 saturated carbocycles. The molecule has 3 heterocycles. The van der Waals surface area contributed by atoms with E-state index < -0.39 is 0 Å². The van der Waals surface area contributed by atoms with Crippen molar-refractivity contribution < 1.29 is 0 Å². The van der Waals surface area contributed by atoms with Crippen LogP contribution in [-0.2, 0) is 6.42 Å². The maximum atomic E-state index is 6.34. The normalized spacial score (nSPS) is 16.5. The number of aryl methyl sites for hydroxylation is 1. The molecule has 4 nitrogen and oxygen atoms in total. The molecule has 112 valence electrons. The summed E-state index contributed by atoms with van der Waals surface area (Å²) in [7, 11) is 0. The summed E-state index contributed by atoms with van der Waals surface area (Å²) < 4.78 is 0. The lowest BCUT2D eigenvalue weighted by Gasteiger charge is -2.23. The molecular formula is C16H21ClN4. The molecule has 2 N–H and O–H groups in total. The van der Waals surface area contributed by atoms with Crippen molar-refractivity contribution in [3.63, 3.8) is 0 Å². The molecule has 0 aliphatic carbocycles. The highest BCUT2D eigenvalue weighted by molar-refractivity contribution is 6.32. The van der Waals surface area contributed by atoms with Gasteiger partial charge in [-0.2, -0.15) is 0 Å². The Bertz CT molecular complexity index is 618. The van der Waals surface area contributed by atoms with E-state index in [4.69, 9.17) is 11.6 Å². The van der Waals surface area contributed by atoms with Crippen LogP contribution in [0.5, 0.6) is 0 Å². The zero-order valence-corrected chi connectivity index (χ0v) is 13.1. The molecule has 0 radical (unpaired) electrons. The van der Waals surface area contributed by atoms with Gasteiger partial charge < -0.3 is 10.6 Å². The van der Waals surface area contributed by atoms with Gasteiger partial charge in [0.05, 0.1) is 16.1 Å². The molecule has 0 amide bonds. The van der Waals surface area contributed by atoms with Crippen LogP contribution in [0, 0.1) is 6.92 Å². The Morgan fingerprint density at radius 1 is 1.33 bits per heavy atom. The fourth-order valence-electron chi connectivity index (χ4n) is 2.86. The predicted octanol–water partition coefficient (Wildman–Crippen LogP) is 2.48. The van der Waals surface area contributed by atoms with E-state index in [-0.39, 0.29) is 0 Å². The number of halogens is 1. The lowest BCUT2D eigenvalue weighted by molar-refractivity contribution is 0.390. The van der Waals surface area contributed by atoms with Crippen LogP contribution in [0.1, 0.15) is 24.1 Å². The first-order valence-corrected chi connectivity index (χ1v) is 7.96. The van der Waals surface area contributed by atoms with Crippen LogP contribution in [-0.4, -0.2) is 35.6 Å². The smallest absolute Gasteiger partial charge is 0.0937 e. The van der Waals surface area contributed by atoms with Crippen molar-refractivity contribution in [2.75, 3.05) is 19.6 Å². The van der Waals surface area contributed by atoms with Gasteiger partial charge in [-0.3, -0.25) is 9.97 Å². The number of nitrogens with one attached hydrogen (secondary N) is 2. The first kappa shape index (κ1) is 14.7. The summed E-state index contributed by atoms with van der Waals surface area (Å²) in [6.07, 6.45) is 5.02. The van der Waals surface area contributed by atoms with Crippen molar-refractivity contribution in [2.45, 2.75) is 32.2 Å². The summed E-state index contributed by atoms with van der Waals surface area (Å²) in [4.78, 5) is 8.97. The van der Waals surface area contributed by atoms with Crippen LogP contribution in [0.3, 0.4) is 0 Å². The van der Waals surface area contributed by atoms with Crippen LogP contribution in [0.15, 0.2) is 18.3 Å². The molecule has 0 atom stereocenters. The summed E-state index contributed by atoms with van der Waals surface area (Å²) >= 11 is 6.34. The average Bonchev–Trinajstić information content (AvgIpc) is 2.50. The van der Waals surface area contributed by atoms with E-state index in [1.54, 1.807) is 6.20 Å². The summed E-state index contributed by atoms with van der Waals surface area (Å²) in [5.74, 6) is 0. The van der Waals surface area contributed by atoms with E-state index >= 15 is 0 Å². The second kappa shape index (κ2) is 6.69. The molecule has 5 heteroatoms. The average molecular weight is 305 g/mol. The van der Waals surface area contributed by atoms with Crippen molar-refractivity contribution in [1.29, 1.82) is 0 Å². The van der Waals surface area contributed by atoms with Crippen molar-refractivity contribution in [3.05, 3.63) is 34.6 Å². The molecule has 0 bridgehead atoms. The van der Waals surface area contributed by atoms with Gasteiger partial charge in [-0.1, -0.05) is 11.6 Å². The third-order valence-electron chi connectivity index (χ3n) is 4.05. The monoisotopic (exact) mass is 304 g/mol. The van der Waals surface area contributed by atoms with Crippen LogP contribution >= 0.6 is 11.6 Å². The van der Waals surface area contributed by atoms with Gasteiger partial charge in [0.15, 0.2) is 0 Å².